The molecule has 67 heavy (non-hydrogen) atoms. The van der Waals surface area contributed by atoms with Crippen LogP contribution in [0.4, 0.5) is 5.13 Å². The Morgan fingerprint density at radius 3 is 2.33 bits per heavy atom. The number of nitrogens with one attached hydrogen (secondary N) is 3. The number of aromatic hydroxyl groups is 2. The summed E-state index contributed by atoms with van der Waals surface area (Å²) in [6.45, 7) is 3.50. The molecule has 3 amide bonds. The number of hydrogen-bond donors (Lipinski definition) is 8. The summed E-state index contributed by atoms with van der Waals surface area (Å²) in [5.74, 6) is -6.65. The molecule has 0 unspecified atom stereocenters. The average molecular weight is 1020 g/mol. The Morgan fingerprint density at radius 2 is 1.81 bits per heavy atom. The number of aromatic nitrogens is 1. The number of thiazole rings is 1. The zero-order chi connectivity index (χ0) is 48.6. The van der Waals surface area contributed by atoms with Crippen LogP contribution in [-0.2, 0) is 43.1 Å². The number of aldehydes is 1. The summed E-state index contributed by atoms with van der Waals surface area (Å²) in [6, 6.07) is -0.181. The molecule has 0 bridgehead atoms. The van der Waals surface area contributed by atoms with Gasteiger partial charge in [-0.2, -0.15) is 0 Å². The van der Waals surface area contributed by atoms with Gasteiger partial charge >= 0.3 is 71.1 Å². The number of amides is 3. The normalized spacial score (nSPS) is 17.7. The first-order valence-electron chi connectivity index (χ1n) is 19.5. The second kappa shape index (κ2) is 29.1. The number of esters is 1. The number of nitrogens with zero attached hydrogens (tertiary/aromatic N) is 4. The SMILES string of the molecule is CN[C@@H](C)C(=O)[O-].COC(=O)C1=C(C[N+]2(CCNC(=O)CC[C@H](N)C(=O)O)CCCC2)CS[C@@H]2[C@H](NC(=O)/C(=N\OCC(=O)[O-])c3csc(N)n3)C(=O)N12.O=Cc1ccc(O)c(O)c1Cl.[Na+].[Na+]. The molecule has 2 fully saturated rings. The van der Waals surface area contributed by atoms with Crippen LogP contribution < -0.4 is 96.7 Å². The number of quaternary nitrogens is 1. The van der Waals surface area contributed by atoms with Crippen molar-refractivity contribution in [1.29, 1.82) is 0 Å². The molecule has 5 rings (SSSR count). The number of methoxy groups -OCH3 is 1. The minimum absolute atomic E-state index is 0. The number of ether oxygens (including phenoxy) is 1. The van der Waals surface area contributed by atoms with E-state index in [2.05, 4.69) is 26.1 Å². The van der Waals surface area contributed by atoms with E-state index in [4.69, 9.17) is 48.0 Å². The van der Waals surface area contributed by atoms with Gasteiger partial charge in [-0.3, -0.25) is 28.9 Å². The van der Waals surface area contributed by atoms with Crippen LogP contribution in [0.15, 0.2) is 33.9 Å². The molecule has 0 spiro atoms. The smallest absolute Gasteiger partial charge is 0.548 e. The first-order valence-corrected chi connectivity index (χ1v) is 21.8. The molecule has 2 saturated heterocycles. The Morgan fingerprint density at radius 1 is 1.15 bits per heavy atom. The number of nitrogens with two attached hydrogens (primary N) is 2. The molecule has 3 aliphatic rings. The van der Waals surface area contributed by atoms with Gasteiger partial charge in [0.25, 0.3) is 11.8 Å². The van der Waals surface area contributed by atoms with Gasteiger partial charge in [0.1, 0.15) is 35.4 Å². The molecule has 29 heteroatoms. The monoisotopic (exact) mass is 1020 g/mol. The molecule has 356 valence electrons. The van der Waals surface area contributed by atoms with Crippen molar-refractivity contribution >= 4 is 93.4 Å². The summed E-state index contributed by atoms with van der Waals surface area (Å²) in [4.78, 5) is 104. The van der Waals surface area contributed by atoms with Gasteiger partial charge in [-0.1, -0.05) is 16.8 Å². The van der Waals surface area contributed by atoms with Crippen LogP contribution in [-0.4, -0.2) is 166 Å². The van der Waals surface area contributed by atoms with Gasteiger partial charge in [0, 0.05) is 47.6 Å². The van der Waals surface area contributed by atoms with Crippen molar-refractivity contribution < 1.29 is 137 Å². The fourth-order valence-electron chi connectivity index (χ4n) is 6.43. The molecule has 10 N–H and O–H groups in total. The van der Waals surface area contributed by atoms with Crippen LogP contribution >= 0.6 is 34.7 Å². The number of thioether (sulfide) groups is 1. The minimum atomic E-state index is -1.56. The number of carboxylic acid groups (broad SMARTS) is 3. The van der Waals surface area contributed by atoms with Crippen molar-refractivity contribution in [2.24, 2.45) is 10.9 Å². The summed E-state index contributed by atoms with van der Waals surface area (Å²) in [5.41, 5.74) is 11.7. The second-order valence-electron chi connectivity index (χ2n) is 14.5. The van der Waals surface area contributed by atoms with Gasteiger partial charge < -0.3 is 76.6 Å². The Kier molecular flexibility index (Phi) is 26.5. The molecule has 0 radical (unpaired) electrons. The number of hydrogen-bond acceptors (Lipinski definition) is 21. The molecule has 1 aromatic heterocycles. The van der Waals surface area contributed by atoms with E-state index in [1.807, 2.05) is 0 Å². The first kappa shape index (κ1) is 61.0. The van der Waals surface area contributed by atoms with E-state index in [-0.39, 0.29) is 111 Å². The molecule has 0 aliphatic carbocycles. The van der Waals surface area contributed by atoms with Gasteiger partial charge in [-0.25, -0.2) is 9.78 Å². The average Bonchev–Trinajstić information content (AvgIpc) is 3.93. The van der Waals surface area contributed by atoms with Crippen molar-refractivity contribution in [2.45, 2.75) is 56.1 Å². The molecule has 24 nitrogen and oxygen atoms in total. The standard InChI is InChI=1S/C27H36N8O10S2.C7H5ClO3.C4H9NO2.2Na/c1-44-26(43)21-14(10-35(7-2-3-8-35)9-6-30-17(36)5-4-15(28)25(41)42)12-46-24-20(23(40)34(21)24)32-22(39)19(33-45-11-18(37)38)16-13-47-27(29)31-16;8-6-4(3-9)1-2-5(10)7(6)11;1-3(5-2)4(6)7;;/h13,15,20,24H,2-12,28H2,1H3,(H5-,29,30,31,32,36,37,38,39,41,42);1-3,10-11H;3,5H,1-2H3,(H,6,7);;/q;;;2*+1/p-1/b33-19-;;;;/t15-,20+,24+;;3-;;/m0.0../s1. The number of oxime groups is 1. The molecule has 4 heterocycles. The summed E-state index contributed by atoms with van der Waals surface area (Å²) in [5, 5.41) is 59.6. The third-order valence-corrected chi connectivity index (χ3v) is 12.4. The van der Waals surface area contributed by atoms with E-state index in [0.717, 1.165) is 37.3 Å². The van der Waals surface area contributed by atoms with E-state index < -0.39 is 77.3 Å². The van der Waals surface area contributed by atoms with Crippen molar-refractivity contribution in [1.82, 2.24) is 25.8 Å². The van der Waals surface area contributed by atoms with E-state index in [1.54, 1.807) is 7.05 Å². The summed E-state index contributed by atoms with van der Waals surface area (Å²) >= 11 is 7.83. The maximum atomic E-state index is 13.5. The Bertz CT molecular complexity index is 2180. The zero-order valence-electron chi connectivity index (χ0n) is 37.3. The van der Waals surface area contributed by atoms with Crippen LogP contribution in [0, 0.1) is 0 Å². The van der Waals surface area contributed by atoms with Crippen molar-refractivity contribution in [3.05, 3.63) is 45.1 Å². The number of nitrogen functional groups attached to an aromatic ring is 1. The predicted molar refractivity (Wildman–Crippen MR) is 229 cm³/mol. The third kappa shape index (κ3) is 17.4. The van der Waals surface area contributed by atoms with E-state index in [0.29, 0.717) is 41.7 Å². The van der Waals surface area contributed by atoms with E-state index in [1.165, 1.54) is 48.2 Å². The zero-order valence-corrected chi connectivity index (χ0v) is 43.7. The van der Waals surface area contributed by atoms with Crippen LogP contribution in [0.1, 0.15) is 48.7 Å². The number of anilines is 1. The number of carbonyl (C=O) groups is 8. The van der Waals surface area contributed by atoms with Gasteiger partial charge in [0.15, 0.2) is 35.2 Å². The Labute approximate surface area is 441 Å². The van der Waals surface area contributed by atoms with Crippen LogP contribution in [0.25, 0.3) is 0 Å². The molecule has 3 aliphatic heterocycles. The predicted octanol–water partition coefficient (Wildman–Crippen LogP) is -9.14. The number of likely N-dealkylation sites (tertiary alicyclic amines) is 1. The Balaban J connectivity index is 0.000000937. The molecular formula is C38H49ClN9Na2O15S2+. The number of halogens is 1. The van der Waals surface area contributed by atoms with Crippen molar-refractivity contribution in [2.75, 3.05) is 65.0 Å². The van der Waals surface area contributed by atoms with Gasteiger partial charge in [0.2, 0.25) is 5.91 Å². The largest absolute Gasteiger partial charge is 1.00 e. The second-order valence-corrected chi connectivity index (χ2v) is 16.8. The number of benzene rings is 1. The van der Waals surface area contributed by atoms with E-state index >= 15 is 0 Å². The summed E-state index contributed by atoms with van der Waals surface area (Å²) in [6.07, 6.45) is 2.38. The maximum absolute atomic E-state index is 13.5. The number of likely N-dealkylation sites (N-methyl/N-ethyl adjacent to an activating group) is 1. The molecule has 2 aromatic rings. The number of carboxylic acids is 3. The minimum Gasteiger partial charge on any atom is -0.548 e. The number of β-lactam (4-membered cyclic amide) rings is 1. The number of carbonyl (C=O) groups excluding carboxylic acids is 7. The van der Waals surface area contributed by atoms with Crippen molar-refractivity contribution in [3.63, 3.8) is 0 Å². The Hall–Kier alpha value is -4.06. The molecule has 1 aromatic carbocycles. The number of aliphatic carboxylic acids is 3. The van der Waals surface area contributed by atoms with Crippen LogP contribution in [0.5, 0.6) is 11.5 Å². The third-order valence-electron chi connectivity index (χ3n) is 10.0. The number of phenolic OH excluding ortho intramolecular Hbond substituents is 2. The van der Waals surface area contributed by atoms with Crippen molar-refractivity contribution in [3.8, 4) is 11.5 Å². The van der Waals surface area contributed by atoms with E-state index in [9.17, 15) is 48.6 Å². The molecule has 0 saturated carbocycles. The van der Waals surface area contributed by atoms with Crippen LogP contribution in [0.2, 0.25) is 5.02 Å². The summed E-state index contributed by atoms with van der Waals surface area (Å²) in [7, 11) is 2.79. The summed E-state index contributed by atoms with van der Waals surface area (Å²) < 4.78 is 5.63. The van der Waals surface area contributed by atoms with Gasteiger partial charge in [0.05, 0.1) is 50.3 Å². The van der Waals surface area contributed by atoms with Gasteiger partial charge in [-0.05, 0) is 32.5 Å². The number of fused-ring (bicyclic) bond motifs is 1. The fourth-order valence-corrected chi connectivity index (χ4v) is 8.52. The topological polar surface area (TPSA) is 378 Å². The first-order chi connectivity index (χ1) is 30.7. The van der Waals surface area contributed by atoms with Crippen LogP contribution in [0.3, 0.4) is 0 Å². The fraction of sp³-hybridized carbons (Fsp3) is 0.474. The van der Waals surface area contributed by atoms with Gasteiger partial charge in [-0.15, -0.1) is 23.1 Å². The number of phenols is 2. The molecule has 4 atom stereocenters. The quantitative estimate of drug-likeness (QED) is 0.00947. The number of rotatable bonds is 19. The molecular weight excluding hydrogens is 968 g/mol. The maximum Gasteiger partial charge on any atom is 1.00 e.